The first kappa shape index (κ1) is 10.8. The minimum atomic E-state index is -0.479. The predicted molar refractivity (Wildman–Crippen MR) is 70.2 cm³/mol. The molecule has 1 aliphatic carbocycles. The number of halogens is 3. The van der Waals surface area contributed by atoms with Crippen molar-refractivity contribution in [1.29, 1.82) is 0 Å². The molecule has 14 heavy (non-hydrogen) atoms. The third kappa shape index (κ3) is 2.47. The lowest BCUT2D eigenvalue weighted by Crippen LogP contribution is -2.08. The third-order valence-corrected chi connectivity index (χ3v) is 4.23. The Bertz CT molecular complexity index is 341. The second kappa shape index (κ2) is 4.06. The van der Waals surface area contributed by atoms with Crippen molar-refractivity contribution in [3.63, 3.8) is 0 Å². The maximum absolute atomic E-state index is 5.94. The summed E-state index contributed by atoms with van der Waals surface area (Å²) >= 11 is 14.2. The number of anilines is 1. The number of nitrogens with one attached hydrogen (secondary N) is 1. The van der Waals surface area contributed by atoms with Crippen molar-refractivity contribution in [2.24, 2.45) is 5.92 Å². The van der Waals surface area contributed by atoms with Gasteiger partial charge in [-0.05, 0) is 41.1 Å². The molecule has 0 aromatic heterocycles. The summed E-state index contributed by atoms with van der Waals surface area (Å²) in [6.07, 6.45) is 0.895. The number of hydrogen-bond donors (Lipinski definition) is 1. The van der Waals surface area contributed by atoms with Crippen LogP contribution >= 0.6 is 45.8 Å². The van der Waals surface area contributed by atoms with Crippen molar-refractivity contribution in [1.82, 2.24) is 0 Å². The number of alkyl halides is 2. The highest BCUT2D eigenvalue weighted by atomic mass is 127. The van der Waals surface area contributed by atoms with E-state index in [1.165, 1.54) is 3.57 Å². The van der Waals surface area contributed by atoms with E-state index in [1.54, 1.807) is 0 Å². The minimum Gasteiger partial charge on any atom is -0.384 e. The van der Waals surface area contributed by atoms with Crippen LogP contribution in [0, 0.1) is 9.49 Å². The van der Waals surface area contributed by atoms with Crippen LogP contribution in [-0.4, -0.2) is 10.9 Å². The zero-order valence-electron chi connectivity index (χ0n) is 7.43. The molecule has 0 radical (unpaired) electrons. The van der Waals surface area contributed by atoms with Crippen molar-refractivity contribution in [2.75, 3.05) is 11.9 Å². The molecular weight excluding hydrogens is 332 g/mol. The van der Waals surface area contributed by atoms with Gasteiger partial charge >= 0.3 is 0 Å². The lowest BCUT2D eigenvalue weighted by molar-refractivity contribution is 0.874. The molecule has 1 unspecified atom stereocenters. The highest BCUT2D eigenvalue weighted by Gasteiger charge is 2.51. The maximum atomic E-state index is 5.94. The van der Waals surface area contributed by atoms with Gasteiger partial charge in [0.2, 0.25) is 0 Å². The Hall–Kier alpha value is 0.330. The first-order chi connectivity index (χ1) is 6.59. The summed E-state index contributed by atoms with van der Waals surface area (Å²) < 4.78 is 0.744. The molecule has 1 fully saturated rings. The normalized spacial score (nSPS) is 23.2. The Morgan fingerprint density at radius 1 is 1.43 bits per heavy atom. The van der Waals surface area contributed by atoms with Crippen molar-refractivity contribution in [3.05, 3.63) is 27.8 Å². The molecule has 0 aliphatic heterocycles. The molecule has 1 atom stereocenters. The molecule has 1 nitrogen and oxygen atoms in total. The van der Waals surface area contributed by atoms with Crippen LogP contribution in [0.1, 0.15) is 6.42 Å². The molecule has 2 rings (SSSR count). The number of hydrogen-bond acceptors (Lipinski definition) is 1. The minimum absolute atomic E-state index is 0.391. The van der Waals surface area contributed by atoms with E-state index >= 15 is 0 Å². The van der Waals surface area contributed by atoms with Crippen molar-refractivity contribution < 1.29 is 0 Å². The topological polar surface area (TPSA) is 12.0 Å². The van der Waals surface area contributed by atoms with E-state index in [1.807, 2.05) is 12.1 Å². The summed E-state index contributed by atoms with van der Waals surface area (Å²) in [7, 11) is 0. The Morgan fingerprint density at radius 3 is 2.64 bits per heavy atom. The van der Waals surface area contributed by atoms with Gasteiger partial charge in [-0.1, -0.05) is 12.1 Å². The van der Waals surface area contributed by atoms with Gasteiger partial charge in [0.15, 0.2) is 0 Å². The van der Waals surface area contributed by atoms with Crippen LogP contribution in [0.3, 0.4) is 0 Å². The quantitative estimate of drug-likeness (QED) is 0.649. The van der Waals surface area contributed by atoms with Gasteiger partial charge in [0.25, 0.3) is 0 Å². The van der Waals surface area contributed by atoms with Crippen LogP contribution in [0.15, 0.2) is 24.3 Å². The van der Waals surface area contributed by atoms with Crippen LogP contribution in [0.2, 0.25) is 0 Å². The monoisotopic (exact) mass is 341 g/mol. The summed E-state index contributed by atoms with van der Waals surface area (Å²) in [6, 6.07) is 8.18. The third-order valence-electron chi connectivity index (χ3n) is 2.37. The Labute approximate surface area is 107 Å². The SMILES string of the molecule is ClC1(Cl)CC1CNc1ccccc1I. The van der Waals surface area contributed by atoms with Crippen molar-refractivity contribution >= 4 is 51.5 Å². The van der Waals surface area contributed by atoms with Crippen molar-refractivity contribution in [3.8, 4) is 0 Å². The second-order valence-corrected chi connectivity index (χ2v) is 6.23. The van der Waals surface area contributed by atoms with Crippen molar-refractivity contribution in [2.45, 2.75) is 10.8 Å². The zero-order valence-corrected chi connectivity index (χ0v) is 11.1. The molecule has 0 spiro atoms. The number of benzene rings is 1. The maximum Gasteiger partial charge on any atom is 0.123 e. The summed E-state index contributed by atoms with van der Waals surface area (Å²) in [5.41, 5.74) is 1.16. The van der Waals surface area contributed by atoms with Gasteiger partial charge in [0.05, 0.1) is 0 Å². The molecule has 0 amide bonds. The second-order valence-electron chi connectivity index (χ2n) is 3.52. The fraction of sp³-hybridized carbons (Fsp3) is 0.400. The molecule has 1 saturated carbocycles. The molecule has 0 heterocycles. The molecule has 1 N–H and O–H groups in total. The number of rotatable bonds is 3. The summed E-state index contributed by atoms with van der Waals surface area (Å²) in [4.78, 5) is 0. The lowest BCUT2D eigenvalue weighted by atomic mass is 10.3. The highest BCUT2D eigenvalue weighted by Crippen LogP contribution is 2.52. The molecule has 76 valence electrons. The van der Waals surface area contributed by atoms with Crippen LogP contribution in [0.5, 0.6) is 0 Å². The predicted octanol–water partition coefficient (Wildman–Crippen LogP) is 3.90. The molecule has 1 aliphatic rings. The highest BCUT2D eigenvalue weighted by molar-refractivity contribution is 14.1. The molecule has 1 aromatic rings. The largest absolute Gasteiger partial charge is 0.384 e. The van der Waals surface area contributed by atoms with Crippen LogP contribution in [-0.2, 0) is 0 Å². The first-order valence-electron chi connectivity index (χ1n) is 4.46. The molecule has 0 bridgehead atoms. The summed E-state index contributed by atoms with van der Waals surface area (Å²) in [6.45, 7) is 0.854. The zero-order chi connectivity index (χ0) is 10.2. The van der Waals surface area contributed by atoms with Gasteiger partial charge in [0.1, 0.15) is 4.33 Å². The van der Waals surface area contributed by atoms with E-state index < -0.39 is 4.33 Å². The average molecular weight is 342 g/mol. The Balaban J connectivity index is 1.90. The standard InChI is InChI=1S/C10H10Cl2IN/c11-10(12)5-7(10)6-14-9-4-2-1-3-8(9)13/h1-4,7,14H,5-6H2. The first-order valence-corrected chi connectivity index (χ1v) is 6.29. The Kier molecular flexibility index (Phi) is 3.15. The van der Waals surface area contributed by atoms with Gasteiger partial charge in [-0.15, -0.1) is 23.2 Å². The number of para-hydroxylation sites is 1. The van der Waals surface area contributed by atoms with E-state index in [0.717, 1.165) is 18.7 Å². The van der Waals surface area contributed by atoms with Gasteiger partial charge in [-0.25, -0.2) is 0 Å². The summed E-state index contributed by atoms with van der Waals surface area (Å²) in [5, 5.41) is 3.35. The van der Waals surface area contributed by atoms with Crippen LogP contribution in [0.4, 0.5) is 5.69 Å². The van der Waals surface area contributed by atoms with E-state index in [2.05, 4.69) is 40.0 Å². The van der Waals surface area contributed by atoms with Gasteiger partial charge in [-0.3, -0.25) is 0 Å². The average Bonchev–Trinajstić information content (AvgIpc) is 2.73. The summed E-state index contributed by atoms with van der Waals surface area (Å²) in [5.74, 6) is 0.391. The molecular formula is C10H10Cl2IN. The van der Waals surface area contributed by atoms with E-state index in [0.29, 0.717) is 5.92 Å². The molecule has 4 heteroatoms. The fourth-order valence-electron chi connectivity index (χ4n) is 1.33. The molecule has 0 saturated heterocycles. The molecule has 1 aromatic carbocycles. The Morgan fingerprint density at radius 2 is 2.07 bits per heavy atom. The fourth-order valence-corrected chi connectivity index (χ4v) is 2.43. The van der Waals surface area contributed by atoms with Crippen LogP contribution < -0.4 is 5.32 Å². The van der Waals surface area contributed by atoms with Gasteiger partial charge in [0, 0.05) is 21.7 Å². The smallest absolute Gasteiger partial charge is 0.123 e. The van der Waals surface area contributed by atoms with Gasteiger partial charge in [-0.2, -0.15) is 0 Å². The van der Waals surface area contributed by atoms with E-state index in [4.69, 9.17) is 23.2 Å². The lowest BCUT2D eigenvalue weighted by Gasteiger charge is -2.07. The van der Waals surface area contributed by atoms with E-state index in [9.17, 15) is 0 Å². The van der Waals surface area contributed by atoms with Crippen LogP contribution in [0.25, 0.3) is 0 Å². The van der Waals surface area contributed by atoms with E-state index in [-0.39, 0.29) is 0 Å². The van der Waals surface area contributed by atoms with Gasteiger partial charge < -0.3 is 5.32 Å².